The number of para-hydroxylation sites is 3. The summed E-state index contributed by atoms with van der Waals surface area (Å²) in [6.07, 6.45) is 0. The summed E-state index contributed by atoms with van der Waals surface area (Å²) >= 11 is 0. The van der Waals surface area contributed by atoms with Crippen molar-refractivity contribution in [3.8, 4) is 39.1 Å². The SMILES string of the molecule is CC1(C)c2ccccc2-c2ccc(N(c3ccccc3-c3ccccc3)c3ccc4c(c3-n3c5ccccc5c5ccccc53)C(C)(C)c3ccccc3-4)cc21. The van der Waals surface area contributed by atoms with Gasteiger partial charge in [0.25, 0.3) is 0 Å². The zero-order chi connectivity index (χ0) is 37.8. The molecular weight excluding hydrogens is 677 g/mol. The second kappa shape index (κ2) is 11.9. The standard InChI is InChI=1S/C54H42N2/c1-53(2)44-25-13-8-21-38(44)40-31-30-36(34-46(40)53)55(47-27-15-10-20-37(47)35-18-6-5-7-19-35)50-33-32-43-39-22-9-14-26-45(39)54(3,4)51(43)52(50)56-48-28-16-11-23-41(48)42-24-12-17-29-49(42)56/h5-34H,1-4H3. The van der Waals surface area contributed by atoms with Gasteiger partial charge in [-0.25, -0.2) is 0 Å². The van der Waals surface area contributed by atoms with Gasteiger partial charge in [0.05, 0.1) is 28.1 Å². The largest absolute Gasteiger partial charge is 0.308 e. The number of anilines is 3. The van der Waals surface area contributed by atoms with Gasteiger partial charge >= 0.3 is 0 Å². The molecule has 0 aliphatic heterocycles. The van der Waals surface area contributed by atoms with E-state index in [-0.39, 0.29) is 10.8 Å². The lowest BCUT2D eigenvalue weighted by Crippen LogP contribution is -2.22. The van der Waals surface area contributed by atoms with E-state index in [0.29, 0.717) is 0 Å². The minimum absolute atomic E-state index is 0.149. The van der Waals surface area contributed by atoms with Crippen LogP contribution in [0, 0.1) is 0 Å². The van der Waals surface area contributed by atoms with E-state index in [1.54, 1.807) is 0 Å². The van der Waals surface area contributed by atoms with Crippen molar-refractivity contribution < 1.29 is 0 Å². The number of benzene rings is 8. The van der Waals surface area contributed by atoms with E-state index in [0.717, 1.165) is 17.1 Å². The van der Waals surface area contributed by atoms with Crippen molar-refractivity contribution in [2.24, 2.45) is 0 Å². The minimum atomic E-state index is -0.268. The maximum atomic E-state index is 2.57. The molecule has 0 N–H and O–H groups in total. The maximum Gasteiger partial charge on any atom is 0.0750 e. The van der Waals surface area contributed by atoms with Crippen molar-refractivity contribution >= 4 is 38.9 Å². The third-order valence-electron chi connectivity index (χ3n) is 12.8. The minimum Gasteiger partial charge on any atom is -0.308 e. The van der Waals surface area contributed by atoms with Gasteiger partial charge in [-0.3, -0.25) is 0 Å². The summed E-state index contributed by atoms with van der Waals surface area (Å²) in [7, 11) is 0. The predicted molar refractivity (Wildman–Crippen MR) is 236 cm³/mol. The van der Waals surface area contributed by atoms with Gasteiger partial charge in [-0.2, -0.15) is 0 Å². The summed E-state index contributed by atoms with van der Waals surface area (Å²) in [6, 6.07) is 67.6. The maximum absolute atomic E-state index is 2.57. The number of aromatic nitrogens is 1. The van der Waals surface area contributed by atoms with Gasteiger partial charge in [-0.05, 0) is 86.5 Å². The molecule has 0 saturated carbocycles. The molecule has 2 heteroatoms. The van der Waals surface area contributed by atoms with Crippen molar-refractivity contribution in [1.82, 2.24) is 4.57 Å². The molecule has 0 saturated heterocycles. The van der Waals surface area contributed by atoms with Crippen molar-refractivity contribution in [2.75, 3.05) is 4.90 Å². The highest BCUT2D eigenvalue weighted by molar-refractivity contribution is 6.11. The van der Waals surface area contributed by atoms with Crippen LogP contribution >= 0.6 is 0 Å². The molecule has 8 aromatic carbocycles. The first-order valence-electron chi connectivity index (χ1n) is 19.8. The fraction of sp³-hybridized carbons (Fsp3) is 0.111. The van der Waals surface area contributed by atoms with Gasteiger partial charge in [0.2, 0.25) is 0 Å². The third-order valence-corrected chi connectivity index (χ3v) is 12.8. The molecule has 0 amide bonds. The summed E-state index contributed by atoms with van der Waals surface area (Å²) in [4.78, 5) is 2.56. The molecule has 0 fully saturated rings. The predicted octanol–water partition coefficient (Wildman–Crippen LogP) is 14.5. The van der Waals surface area contributed by atoms with Crippen LogP contribution in [-0.2, 0) is 10.8 Å². The lowest BCUT2D eigenvalue weighted by atomic mass is 9.81. The van der Waals surface area contributed by atoms with E-state index in [4.69, 9.17) is 0 Å². The first-order chi connectivity index (χ1) is 27.3. The molecule has 1 heterocycles. The van der Waals surface area contributed by atoms with Crippen LogP contribution in [0.3, 0.4) is 0 Å². The van der Waals surface area contributed by atoms with Crippen molar-refractivity contribution in [3.05, 3.63) is 204 Å². The van der Waals surface area contributed by atoms with Gasteiger partial charge in [-0.15, -0.1) is 0 Å². The molecule has 1 aromatic heterocycles. The van der Waals surface area contributed by atoms with Crippen molar-refractivity contribution in [3.63, 3.8) is 0 Å². The second-order valence-electron chi connectivity index (χ2n) is 16.5. The number of hydrogen-bond acceptors (Lipinski definition) is 1. The van der Waals surface area contributed by atoms with Crippen LogP contribution in [0.1, 0.15) is 49.9 Å². The summed E-state index contributed by atoms with van der Waals surface area (Å²) in [5.74, 6) is 0. The monoisotopic (exact) mass is 718 g/mol. The number of fused-ring (bicyclic) bond motifs is 9. The highest BCUT2D eigenvalue weighted by Gasteiger charge is 2.41. The zero-order valence-electron chi connectivity index (χ0n) is 32.2. The van der Waals surface area contributed by atoms with Crippen molar-refractivity contribution in [1.29, 1.82) is 0 Å². The fourth-order valence-electron chi connectivity index (χ4n) is 10.2. The molecule has 0 bridgehead atoms. The van der Waals surface area contributed by atoms with E-state index < -0.39 is 0 Å². The van der Waals surface area contributed by atoms with E-state index >= 15 is 0 Å². The van der Waals surface area contributed by atoms with E-state index in [1.807, 2.05) is 0 Å². The molecule has 56 heavy (non-hydrogen) atoms. The Bertz CT molecular complexity index is 2980. The summed E-state index contributed by atoms with van der Waals surface area (Å²) in [6.45, 7) is 9.58. The Morgan fingerprint density at radius 3 is 1.61 bits per heavy atom. The molecule has 268 valence electrons. The molecule has 11 rings (SSSR count). The highest BCUT2D eigenvalue weighted by Crippen LogP contribution is 2.57. The molecule has 9 aromatic rings. The number of nitrogens with zero attached hydrogens (tertiary/aromatic N) is 2. The fourth-order valence-corrected chi connectivity index (χ4v) is 10.2. The number of rotatable bonds is 5. The van der Waals surface area contributed by atoms with Crippen LogP contribution in [-0.4, -0.2) is 4.57 Å². The van der Waals surface area contributed by atoms with E-state index in [1.165, 1.54) is 83.1 Å². The quantitative estimate of drug-likeness (QED) is 0.172. The lowest BCUT2D eigenvalue weighted by Gasteiger charge is -2.34. The summed E-state index contributed by atoms with van der Waals surface area (Å²) in [5, 5.41) is 2.52. The Morgan fingerprint density at radius 2 is 0.911 bits per heavy atom. The lowest BCUT2D eigenvalue weighted by molar-refractivity contribution is 0.656. The Morgan fingerprint density at radius 1 is 0.393 bits per heavy atom. The van der Waals surface area contributed by atoms with Crippen LogP contribution in [0.5, 0.6) is 0 Å². The van der Waals surface area contributed by atoms with Crippen LogP contribution in [0.25, 0.3) is 60.9 Å². The van der Waals surface area contributed by atoms with Gasteiger partial charge in [0.1, 0.15) is 0 Å². The van der Waals surface area contributed by atoms with Gasteiger partial charge in [0.15, 0.2) is 0 Å². The van der Waals surface area contributed by atoms with Crippen LogP contribution in [0.15, 0.2) is 182 Å². The Labute approximate surface area is 328 Å². The van der Waals surface area contributed by atoms with Gasteiger partial charge in [0, 0.05) is 32.9 Å². The van der Waals surface area contributed by atoms with Crippen molar-refractivity contribution in [2.45, 2.75) is 38.5 Å². The first-order valence-corrected chi connectivity index (χ1v) is 19.8. The van der Waals surface area contributed by atoms with Crippen LogP contribution in [0.4, 0.5) is 17.1 Å². The zero-order valence-corrected chi connectivity index (χ0v) is 32.2. The molecule has 2 aliphatic rings. The number of hydrogen-bond donors (Lipinski definition) is 0. The molecule has 0 spiro atoms. The molecular formula is C54H42N2. The average Bonchev–Trinajstić information content (AvgIpc) is 3.78. The third kappa shape index (κ3) is 4.50. The summed E-state index contributed by atoms with van der Waals surface area (Å²) in [5.41, 5.74) is 19.7. The first kappa shape index (κ1) is 32.8. The van der Waals surface area contributed by atoms with E-state index in [2.05, 4.69) is 219 Å². The Kier molecular flexibility index (Phi) is 6.98. The Balaban J connectivity index is 1.29. The highest BCUT2D eigenvalue weighted by atomic mass is 15.2. The smallest absolute Gasteiger partial charge is 0.0750 e. The molecule has 0 radical (unpaired) electrons. The van der Waals surface area contributed by atoms with Gasteiger partial charge in [-0.1, -0.05) is 173 Å². The second-order valence-corrected chi connectivity index (χ2v) is 16.5. The topological polar surface area (TPSA) is 8.17 Å². The summed E-state index contributed by atoms with van der Waals surface area (Å²) < 4.78 is 2.57. The molecule has 0 atom stereocenters. The average molecular weight is 719 g/mol. The normalized spacial score (nSPS) is 14.4. The van der Waals surface area contributed by atoms with Gasteiger partial charge < -0.3 is 9.47 Å². The molecule has 0 unspecified atom stereocenters. The Hall–Kier alpha value is -6.64. The molecule has 2 nitrogen and oxygen atoms in total. The van der Waals surface area contributed by atoms with E-state index in [9.17, 15) is 0 Å². The molecule has 2 aliphatic carbocycles. The van der Waals surface area contributed by atoms with Crippen LogP contribution < -0.4 is 4.90 Å². The van der Waals surface area contributed by atoms with Crippen LogP contribution in [0.2, 0.25) is 0 Å².